The van der Waals surface area contributed by atoms with Crippen LogP contribution in [0.2, 0.25) is 0 Å². The summed E-state index contributed by atoms with van der Waals surface area (Å²) >= 11 is 0. The maximum absolute atomic E-state index is 6.64. The fraction of sp³-hybridized carbons (Fsp3) is 0.0476. The van der Waals surface area contributed by atoms with E-state index in [0.29, 0.717) is 17.2 Å². The molecule has 1 atom stereocenters. The summed E-state index contributed by atoms with van der Waals surface area (Å²) in [6.07, 6.45) is 11.1. The molecule has 1 aliphatic carbocycles. The second-order valence-electron chi connectivity index (χ2n) is 12.2. The summed E-state index contributed by atoms with van der Waals surface area (Å²) in [6.45, 7) is 0. The number of furan rings is 2. The second-order valence-corrected chi connectivity index (χ2v) is 12.2. The van der Waals surface area contributed by atoms with Gasteiger partial charge in [0, 0.05) is 50.4 Å². The molecule has 10 rings (SSSR count). The first-order valence-corrected chi connectivity index (χ1v) is 16.1. The highest BCUT2D eigenvalue weighted by molar-refractivity contribution is 6.16. The fourth-order valence-corrected chi connectivity index (χ4v) is 6.97. The van der Waals surface area contributed by atoms with Gasteiger partial charge in [-0.2, -0.15) is 0 Å². The third-order valence-corrected chi connectivity index (χ3v) is 9.29. The van der Waals surface area contributed by atoms with Crippen LogP contribution < -0.4 is 0 Å². The summed E-state index contributed by atoms with van der Waals surface area (Å²) in [6, 6.07) is 37.0. The van der Waals surface area contributed by atoms with E-state index in [1.807, 2.05) is 54.7 Å². The maximum Gasteiger partial charge on any atom is 0.164 e. The highest BCUT2D eigenvalue weighted by Crippen LogP contribution is 2.42. The first-order chi connectivity index (χ1) is 23.8. The van der Waals surface area contributed by atoms with E-state index in [1.165, 1.54) is 5.39 Å². The van der Waals surface area contributed by atoms with Gasteiger partial charge in [0.25, 0.3) is 0 Å². The summed E-state index contributed by atoms with van der Waals surface area (Å²) in [7, 11) is 0. The molecule has 0 saturated carbocycles. The molecular weight excluding hydrogens is 592 g/mol. The van der Waals surface area contributed by atoms with E-state index in [9.17, 15) is 0 Å². The Morgan fingerprint density at radius 3 is 2.31 bits per heavy atom. The normalized spacial score (nSPS) is 14.6. The first-order valence-electron chi connectivity index (χ1n) is 16.1. The third kappa shape index (κ3) is 4.19. The van der Waals surface area contributed by atoms with Gasteiger partial charge in [0.15, 0.2) is 17.2 Å². The molecule has 0 amide bonds. The van der Waals surface area contributed by atoms with Crippen LogP contribution in [0.4, 0.5) is 0 Å². The second kappa shape index (κ2) is 10.6. The summed E-state index contributed by atoms with van der Waals surface area (Å²) in [5.41, 5.74) is 6.50. The van der Waals surface area contributed by atoms with E-state index in [0.717, 1.165) is 78.3 Å². The molecule has 48 heavy (non-hydrogen) atoms. The first kappa shape index (κ1) is 26.8. The van der Waals surface area contributed by atoms with E-state index < -0.39 is 0 Å². The summed E-state index contributed by atoms with van der Waals surface area (Å²) in [5, 5.41) is 6.31. The van der Waals surface area contributed by atoms with Crippen LogP contribution >= 0.6 is 0 Å². The van der Waals surface area contributed by atoms with Crippen molar-refractivity contribution >= 4 is 54.6 Å². The van der Waals surface area contributed by atoms with Crippen molar-refractivity contribution in [2.75, 3.05) is 0 Å². The van der Waals surface area contributed by atoms with Gasteiger partial charge in [-0.25, -0.2) is 15.0 Å². The summed E-state index contributed by atoms with van der Waals surface area (Å²) < 4.78 is 13.0. The fourth-order valence-electron chi connectivity index (χ4n) is 6.97. The van der Waals surface area contributed by atoms with Crippen molar-refractivity contribution < 1.29 is 8.83 Å². The Kier molecular flexibility index (Phi) is 5.90. The van der Waals surface area contributed by atoms with Crippen LogP contribution in [0.1, 0.15) is 18.2 Å². The van der Waals surface area contributed by atoms with Crippen LogP contribution in [0.15, 0.2) is 149 Å². The van der Waals surface area contributed by atoms with Crippen molar-refractivity contribution in [1.29, 1.82) is 0 Å². The third-order valence-electron chi connectivity index (χ3n) is 9.29. The topological polar surface area (TPSA) is 77.8 Å². The number of para-hydroxylation sites is 2. The Morgan fingerprint density at radius 2 is 1.38 bits per heavy atom. The highest BCUT2D eigenvalue weighted by Gasteiger charge is 2.23. The lowest BCUT2D eigenvalue weighted by molar-refractivity contribution is 0.663. The van der Waals surface area contributed by atoms with Crippen molar-refractivity contribution in [3.8, 4) is 34.0 Å². The predicted molar refractivity (Wildman–Crippen MR) is 192 cm³/mol. The van der Waals surface area contributed by atoms with Gasteiger partial charge >= 0.3 is 0 Å². The van der Waals surface area contributed by atoms with Crippen LogP contribution in [-0.4, -0.2) is 19.9 Å². The van der Waals surface area contributed by atoms with Crippen LogP contribution in [0.5, 0.6) is 0 Å². The van der Waals surface area contributed by atoms with Crippen molar-refractivity contribution in [3.05, 3.63) is 146 Å². The molecule has 4 aromatic heterocycles. The van der Waals surface area contributed by atoms with Crippen LogP contribution in [0.25, 0.3) is 88.7 Å². The lowest BCUT2D eigenvalue weighted by Gasteiger charge is -2.15. The lowest BCUT2D eigenvalue weighted by atomic mass is 9.99. The van der Waals surface area contributed by atoms with Gasteiger partial charge in [-0.1, -0.05) is 103 Å². The Balaban J connectivity index is 1.19. The Morgan fingerprint density at radius 1 is 0.583 bits per heavy atom. The summed E-state index contributed by atoms with van der Waals surface area (Å²) in [4.78, 5) is 20.1. The molecule has 0 radical (unpaired) electrons. The molecule has 5 aromatic carbocycles. The lowest BCUT2D eigenvalue weighted by Crippen LogP contribution is -2.08. The van der Waals surface area contributed by atoms with Gasteiger partial charge in [0.2, 0.25) is 0 Å². The molecule has 1 unspecified atom stereocenters. The minimum absolute atomic E-state index is 0.0522. The van der Waals surface area contributed by atoms with Crippen molar-refractivity contribution in [2.45, 2.75) is 12.3 Å². The molecular formula is C42H26N4O2. The zero-order valence-corrected chi connectivity index (χ0v) is 25.7. The zero-order valence-electron chi connectivity index (χ0n) is 25.7. The van der Waals surface area contributed by atoms with Crippen molar-refractivity contribution in [3.63, 3.8) is 0 Å². The van der Waals surface area contributed by atoms with Gasteiger partial charge < -0.3 is 8.83 Å². The number of hydrogen-bond donors (Lipinski definition) is 0. The number of pyridine rings is 1. The smallest absolute Gasteiger partial charge is 0.164 e. The van der Waals surface area contributed by atoms with E-state index in [4.69, 9.17) is 28.8 Å². The number of hydrogen-bond acceptors (Lipinski definition) is 6. The number of nitrogens with zero attached hydrogens (tertiary/aromatic N) is 4. The van der Waals surface area contributed by atoms with E-state index in [2.05, 4.69) is 85.0 Å². The standard InChI is InChI=1S/C42H26N4O2/c1-2-11-26(12-3-1)40-44-41(28-21-20-25-10-4-5-13-27(25)24-28)46-42(45-40)32-16-9-19-35-36(32)31-22-23-43-37(39(31)48-35)33-17-8-15-30-29-14-6-7-18-34(29)47-38(30)33/h1-11,13-24,26H,12H2. The molecule has 0 spiro atoms. The molecule has 4 heterocycles. The van der Waals surface area contributed by atoms with Crippen LogP contribution in [0.3, 0.4) is 0 Å². The van der Waals surface area contributed by atoms with Gasteiger partial charge in [0.1, 0.15) is 28.3 Å². The number of aromatic nitrogens is 4. The van der Waals surface area contributed by atoms with Crippen LogP contribution in [-0.2, 0) is 0 Å². The average Bonchev–Trinajstić information content (AvgIpc) is 3.74. The molecule has 0 saturated heterocycles. The van der Waals surface area contributed by atoms with Gasteiger partial charge in [-0.3, -0.25) is 4.98 Å². The van der Waals surface area contributed by atoms with Gasteiger partial charge in [-0.05, 0) is 47.5 Å². The zero-order chi connectivity index (χ0) is 31.6. The van der Waals surface area contributed by atoms with E-state index >= 15 is 0 Å². The maximum atomic E-state index is 6.64. The molecule has 6 heteroatoms. The number of rotatable bonds is 4. The highest BCUT2D eigenvalue weighted by atomic mass is 16.3. The molecule has 226 valence electrons. The van der Waals surface area contributed by atoms with E-state index in [1.54, 1.807) is 0 Å². The number of allylic oxidation sites excluding steroid dienone is 4. The molecule has 0 bridgehead atoms. The van der Waals surface area contributed by atoms with Crippen molar-refractivity contribution in [1.82, 2.24) is 19.9 Å². The number of fused-ring (bicyclic) bond motifs is 7. The predicted octanol–water partition coefficient (Wildman–Crippen LogP) is 10.8. The molecule has 1 aliphatic rings. The number of benzene rings is 5. The molecule has 0 N–H and O–H groups in total. The van der Waals surface area contributed by atoms with Gasteiger partial charge in [0.05, 0.1) is 0 Å². The average molecular weight is 619 g/mol. The summed E-state index contributed by atoms with van der Waals surface area (Å²) in [5.74, 6) is 2.05. The van der Waals surface area contributed by atoms with Crippen molar-refractivity contribution in [2.24, 2.45) is 0 Å². The SMILES string of the molecule is C1=CCC(c2nc(-c3ccc4ccccc4c3)nc(-c3cccc4oc5c(-c6cccc7c6oc6ccccc67)nccc5c34)n2)C=C1. The Hall–Kier alpha value is -6.40. The van der Waals surface area contributed by atoms with E-state index in [-0.39, 0.29) is 5.92 Å². The molecule has 9 aromatic rings. The molecule has 0 aliphatic heterocycles. The minimum atomic E-state index is 0.0522. The minimum Gasteiger partial charge on any atom is -0.455 e. The largest absolute Gasteiger partial charge is 0.455 e. The quantitative estimate of drug-likeness (QED) is 0.195. The molecule has 0 fully saturated rings. The van der Waals surface area contributed by atoms with Crippen LogP contribution in [0, 0.1) is 0 Å². The Bertz CT molecular complexity index is 2790. The Labute approximate surface area is 274 Å². The molecule has 6 nitrogen and oxygen atoms in total. The monoisotopic (exact) mass is 618 g/mol. The van der Waals surface area contributed by atoms with Gasteiger partial charge in [-0.15, -0.1) is 0 Å².